The van der Waals surface area contributed by atoms with Crippen LogP contribution in [0.3, 0.4) is 0 Å². The van der Waals surface area contributed by atoms with Crippen molar-refractivity contribution in [2.24, 2.45) is 0 Å². The Balaban J connectivity index is 2.17. The fourth-order valence-electron chi connectivity index (χ4n) is 2.99. The number of carbonyl (C=O) groups excluding carboxylic acids is 1. The van der Waals surface area contributed by atoms with E-state index in [-0.39, 0.29) is 23.5 Å². The number of aryl methyl sites for hydroxylation is 3. The third kappa shape index (κ3) is 4.07. The first-order chi connectivity index (χ1) is 11.4. The second-order valence-corrected chi connectivity index (χ2v) is 6.12. The molecule has 0 aliphatic rings. The molecule has 2 aromatic rings. The van der Waals surface area contributed by atoms with Crippen molar-refractivity contribution in [3.63, 3.8) is 0 Å². The van der Waals surface area contributed by atoms with Crippen molar-refractivity contribution in [2.75, 3.05) is 0 Å². The predicted molar refractivity (Wildman–Crippen MR) is 95.0 cm³/mol. The van der Waals surface area contributed by atoms with Crippen molar-refractivity contribution in [3.8, 4) is 0 Å². The van der Waals surface area contributed by atoms with Crippen LogP contribution < -0.4 is 0 Å². The molecule has 0 N–H and O–H groups in total. The monoisotopic (exact) mass is 325 g/mol. The summed E-state index contributed by atoms with van der Waals surface area (Å²) < 4.78 is 0. The number of nitro groups is 1. The Morgan fingerprint density at radius 3 is 2.42 bits per heavy atom. The minimum absolute atomic E-state index is 0.0391. The highest BCUT2D eigenvalue weighted by molar-refractivity contribution is 5.97. The van der Waals surface area contributed by atoms with E-state index in [1.807, 2.05) is 50.2 Å². The van der Waals surface area contributed by atoms with Gasteiger partial charge < -0.3 is 0 Å². The Morgan fingerprint density at radius 2 is 1.83 bits per heavy atom. The molecule has 0 spiro atoms. The number of carbonyl (C=O) groups is 1. The molecule has 2 rings (SSSR count). The van der Waals surface area contributed by atoms with Gasteiger partial charge in [0.25, 0.3) is 0 Å². The summed E-state index contributed by atoms with van der Waals surface area (Å²) >= 11 is 0. The van der Waals surface area contributed by atoms with Crippen LogP contribution in [-0.2, 0) is 6.42 Å². The molecule has 0 saturated heterocycles. The Kier molecular flexibility index (Phi) is 5.85. The Labute approximate surface area is 142 Å². The zero-order valence-corrected chi connectivity index (χ0v) is 14.4. The molecule has 0 radical (unpaired) electrons. The molecule has 0 saturated carbocycles. The minimum Gasteiger partial charge on any atom is -0.294 e. The normalized spacial score (nSPS) is 12.0. The lowest BCUT2D eigenvalue weighted by Crippen LogP contribution is -2.14. The Bertz CT molecular complexity index is 752. The number of rotatable bonds is 7. The second kappa shape index (κ2) is 7.86. The molecule has 4 heteroatoms. The van der Waals surface area contributed by atoms with Gasteiger partial charge in [-0.1, -0.05) is 49.4 Å². The van der Waals surface area contributed by atoms with E-state index in [0.717, 1.165) is 23.1 Å². The highest BCUT2D eigenvalue weighted by Gasteiger charge is 2.26. The first-order valence-corrected chi connectivity index (χ1v) is 8.25. The number of Topliss-reactive ketones (excluding diaryl/α,β-unsaturated/α-hetero) is 1. The van der Waals surface area contributed by atoms with Crippen molar-refractivity contribution in [1.29, 1.82) is 0 Å². The molecule has 0 aliphatic carbocycles. The summed E-state index contributed by atoms with van der Waals surface area (Å²) in [5.41, 5.74) is 4.34. The van der Waals surface area contributed by atoms with Crippen LogP contribution in [0.1, 0.15) is 58.4 Å². The van der Waals surface area contributed by atoms with E-state index >= 15 is 0 Å². The molecule has 24 heavy (non-hydrogen) atoms. The SMILES string of the molecule is CCc1ccc(C(CCC(=O)c2ccccc2C)[N+](=O)[O-])c(C)c1. The molecule has 0 fully saturated rings. The van der Waals surface area contributed by atoms with E-state index < -0.39 is 6.04 Å². The highest BCUT2D eigenvalue weighted by Crippen LogP contribution is 2.27. The maximum atomic E-state index is 12.4. The van der Waals surface area contributed by atoms with Gasteiger partial charge in [-0.2, -0.15) is 0 Å². The molecule has 126 valence electrons. The van der Waals surface area contributed by atoms with E-state index in [4.69, 9.17) is 0 Å². The lowest BCUT2D eigenvalue weighted by molar-refractivity contribution is -0.529. The number of nitrogens with zero attached hydrogens (tertiary/aromatic N) is 1. The summed E-state index contributed by atoms with van der Waals surface area (Å²) in [7, 11) is 0. The van der Waals surface area contributed by atoms with Gasteiger partial charge in [0, 0.05) is 28.9 Å². The van der Waals surface area contributed by atoms with Gasteiger partial charge >= 0.3 is 0 Å². The third-order valence-corrected chi connectivity index (χ3v) is 4.45. The predicted octanol–water partition coefficient (Wildman–Crippen LogP) is 4.85. The van der Waals surface area contributed by atoms with E-state index in [1.165, 1.54) is 0 Å². The molecule has 0 aliphatic heterocycles. The molecule has 0 heterocycles. The molecule has 1 atom stereocenters. The summed E-state index contributed by atoms with van der Waals surface area (Å²) in [6.45, 7) is 5.83. The van der Waals surface area contributed by atoms with Gasteiger partial charge in [0.1, 0.15) is 0 Å². The van der Waals surface area contributed by atoms with Crippen molar-refractivity contribution in [2.45, 2.75) is 46.1 Å². The molecule has 0 bridgehead atoms. The molecule has 2 aromatic carbocycles. The molecular formula is C20H23NO3. The summed E-state index contributed by atoms with van der Waals surface area (Å²) in [6.07, 6.45) is 1.29. The lowest BCUT2D eigenvalue weighted by atomic mass is 9.93. The van der Waals surface area contributed by atoms with Gasteiger partial charge in [-0.3, -0.25) is 14.9 Å². The second-order valence-electron chi connectivity index (χ2n) is 6.12. The average molecular weight is 325 g/mol. The smallest absolute Gasteiger partial charge is 0.238 e. The molecular weight excluding hydrogens is 302 g/mol. The van der Waals surface area contributed by atoms with Crippen LogP contribution in [0.15, 0.2) is 42.5 Å². The quantitative estimate of drug-likeness (QED) is 0.415. The summed E-state index contributed by atoms with van der Waals surface area (Å²) in [4.78, 5) is 23.6. The third-order valence-electron chi connectivity index (χ3n) is 4.45. The maximum absolute atomic E-state index is 12.4. The van der Waals surface area contributed by atoms with Crippen LogP contribution in [0.2, 0.25) is 0 Å². The molecule has 0 aromatic heterocycles. The molecule has 1 unspecified atom stereocenters. The number of hydrogen-bond acceptors (Lipinski definition) is 3. The summed E-state index contributed by atoms with van der Waals surface area (Å²) in [5, 5.41) is 11.5. The van der Waals surface area contributed by atoms with Crippen molar-refractivity contribution in [3.05, 3.63) is 80.4 Å². The van der Waals surface area contributed by atoms with E-state index in [2.05, 4.69) is 6.92 Å². The van der Waals surface area contributed by atoms with Crippen LogP contribution in [0.5, 0.6) is 0 Å². The number of benzene rings is 2. The average Bonchev–Trinajstić information content (AvgIpc) is 2.56. The first-order valence-electron chi connectivity index (χ1n) is 8.25. The van der Waals surface area contributed by atoms with Crippen molar-refractivity contribution >= 4 is 5.78 Å². The van der Waals surface area contributed by atoms with Crippen LogP contribution in [0, 0.1) is 24.0 Å². The highest BCUT2D eigenvalue weighted by atomic mass is 16.6. The largest absolute Gasteiger partial charge is 0.294 e. The van der Waals surface area contributed by atoms with Crippen molar-refractivity contribution < 1.29 is 9.72 Å². The van der Waals surface area contributed by atoms with Gasteiger partial charge in [-0.25, -0.2) is 0 Å². The van der Waals surface area contributed by atoms with Gasteiger partial charge in [0.05, 0.1) is 0 Å². The zero-order valence-electron chi connectivity index (χ0n) is 14.4. The van der Waals surface area contributed by atoms with Gasteiger partial charge in [-0.05, 0) is 37.0 Å². The maximum Gasteiger partial charge on any atom is 0.238 e. The van der Waals surface area contributed by atoms with E-state index in [1.54, 1.807) is 6.07 Å². The minimum atomic E-state index is -0.844. The summed E-state index contributed by atoms with van der Waals surface area (Å²) in [6, 6.07) is 12.3. The standard InChI is InChI=1S/C20H23NO3/c1-4-16-9-10-17(15(3)13-16)19(21(23)24)11-12-20(22)18-8-6-5-7-14(18)2/h5-10,13,19H,4,11-12H2,1-3H3. The fourth-order valence-corrected chi connectivity index (χ4v) is 2.99. The molecule has 4 nitrogen and oxygen atoms in total. The van der Waals surface area contributed by atoms with Crippen LogP contribution >= 0.6 is 0 Å². The topological polar surface area (TPSA) is 60.2 Å². The fraction of sp³-hybridized carbons (Fsp3) is 0.350. The van der Waals surface area contributed by atoms with Crippen LogP contribution in [0.4, 0.5) is 0 Å². The van der Waals surface area contributed by atoms with E-state index in [0.29, 0.717) is 11.1 Å². The number of ketones is 1. The summed E-state index contributed by atoms with van der Waals surface area (Å²) in [5.74, 6) is -0.0391. The van der Waals surface area contributed by atoms with E-state index in [9.17, 15) is 14.9 Å². The van der Waals surface area contributed by atoms with Crippen molar-refractivity contribution in [1.82, 2.24) is 0 Å². The lowest BCUT2D eigenvalue weighted by Gasteiger charge is -2.13. The van der Waals surface area contributed by atoms with Crippen LogP contribution in [0.25, 0.3) is 0 Å². The Morgan fingerprint density at radius 1 is 1.12 bits per heavy atom. The Hall–Kier alpha value is -2.49. The number of hydrogen-bond donors (Lipinski definition) is 0. The first kappa shape index (κ1) is 17.9. The van der Waals surface area contributed by atoms with Crippen LogP contribution in [-0.4, -0.2) is 10.7 Å². The van der Waals surface area contributed by atoms with Gasteiger partial charge in [0.15, 0.2) is 5.78 Å². The van der Waals surface area contributed by atoms with Gasteiger partial charge in [0.2, 0.25) is 6.04 Å². The van der Waals surface area contributed by atoms with Gasteiger partial charge in [-0.15, -0.1) is 0 Å². The zero-order chi connectivity index (χ0) is 17.7. The molecule has 0 amide bonds.